The standard InChI is InChI=1S/C28H32O10S/c1-26-13-21(31)24-19(20(26)8-9-28(26,34)22(32)14-29)7-6-16-11-17(30)12-23(27(16,24)2)38-25(33)15-4-3-5-18(10-15)39(35,36)37/h3-5,10-12,19-21,24,29,31,34H,6-9,13-14H2,1-2H3,(H,35,36,37)/t19-,20-,21-,24+,26-,27+,28-/m0/s1. The van der Waals surface area contributed by atoms with E-state index in [0.29, 0.717) is 24.8 Å². The molecule has 3 saturated carbocycles. The normalized spacial score (nSPS) is 37.6. The first-order valence-corrected chi connectivity index (χ1v) is 14.4. The summed E-state index contributed by atoms with van der Waals surface area (Å²) in [4.78, 5) is 37.9. The topological polar surface area (TPSA) is 176 Å². The lowest BCUT2D eigenvalue weighted by atomic mass is 9.45. The van der Waals surface area contributed by atoms with Gasteiger partial charge < -0.3 is 20.1 Å². The van der Waals surface area contributed by atoms with E-state index in [4.69, 9.17) is 4.74 Å². The largest absolute Gasteiger partial charge is 0.426 e. The quantitative estimate of drug-likeness (QED) is 0.308. The summed E-state index contributed by atoms with van der Waals surface area (Å²) < 4.78 is 38.2. The Balaban J connectivity index is 1.51. The van der Waals surface area contributed by atoms with Crippen LogP contribution in [-0.4, -0.2) is 64.1 Å². The molecule has 0 radical (unpaired) electrons. The van der Waals surface area contributed by atoms with Crippen molar-refractivity contribution in [1.82, 2.24) is 0 Å². The van der Waals surface area contributed by atoms with Crippen molar-refractivity contribution in [3.63, 3.8) is 0 Å². The smallest absolute Gasteiger partial charge is 0.343 e. The van der Waals surface area contributed by atoms with E-state index in [1.54, 1.807) is 6.92 Å². The molecule has 3 fully saturated rings. The fourth-order valence-electron chi connectivity index (χ4n) is 8.07. The molecule has 7 atom stereocenters. The SMILES string of the molecule is C[C@@]12C(=CC(=O)C=C1OC(=O)c1cccc(S(=O)(=O)O)c1)CC[C@@H]1[C@@H]2[C@@H](O)C[C@@]2(C)[C@H]1CC[C@]2(O)C(=O)CO. The highest BCUT2D eigenvalue weighted by Crippen LogP contribution is 2.68. The lowest BCUT2D eigenvalue weighted by Crippen LogP contribution is -2.62. The van der Waals surface area contributed by atoms with E-state index in [1.807, 2.05) is 6.92 Å². The maximum absolute atomic E-state index is 13.2. The Bertz CT molecular complexity index is 1430. The van der Waals surface area contributed by atoms with Crippen LogP contribution in [0.1, 0.15) is 56.3 Å². The van der Waals surface area contributed by atoms with Crippen LogP contribution in [0.15, 0.2) is 52.6 Å². The second-order valence-corrected chi connectivity index (χ2v) is 13.1. The maximum atomic E-state index is 13.2. The van der Waals surface area contributed by atoms with E-state index < -0.39 is 61.8 Å². The van der Waals surface area contributed by atoms with E-state index in [9.17, 15) is 42.7 Å². The van der Waals surface area contributed by atoms with Crippen LogP contribution in [0.2, 0.25) is 0 Å². The second kappa shape index (κ2) is 9.17. The first-order valence-electron chi connectivity index (χ1n) is 13.0. The first-order chi connectivity index (χ1) is 18.2. The molecular formula is C28H32O10S. The van der Waals surface area contributed by atoms with E-state index in [0.717, 1.165) is 12.1 Å². The van der Waals surface area contributed by atoms with Gasteiger partial charge in [0.15, 0.2) is 11.6 Å². The van der Waals surface area contributed by atoms with Crippen LogP contribution in [0.25, 0.3) is 0 Å². The first kappa shape index (κ1) is 27.9. The van der Waals surface area contributed by atoms with Gasteiger partial charge in [-0.2, -0.15) is 8.42 Å². The lowest BCUT2D eigenvalue weighted by Gasteiger charge is -2.60. The highest BCUT2D eigenvalue weighted by Gasteiger charge is 2.69. The number of ketones is 2. The fourth-order valence-corrected chi connectivity index (χ4v) is 8.60. The molecule has 0 saturated heterocycles. The molecule has 11 heteroatoms. The number of Topliss-reactive ketones (excluding diaryl/α,β-unsaturated/α-hetero) is 1. The van der Waals surface area contributed by atoms with Crippen LogP contribution >= 0.6 is 0 Å². The van der Waals surface area contributed by atoms with Crippen molar-refractivity contribution < 1.29 is 47.4 Å². The average molecular weight is 561 g/mol. The van der Waals surface area contributed by atoms with Gasteiger partial charge in [-0.15, -0.1) is 0 Å². The molecule has 0 spiro atoms. The number of ether oxygens (including phenoxy) is 1. The van der Waals surface area contributed by atoms with Crippen LogP contribution in [-0.2, 0) is 24.4 Å². The lowest BCUT2D eigenvalue weighted by molar-refractivity contribution is -0.180. The van der Waals surface area contributed by atoms with Crippen molar-refractivity contribution in [3.05, 3.63) is 53.3 Å². The predicted octanol–water partition coefficient (Wildman–Crippen LogP) is 1.99. The summed E-state index contributed by atoms with van der Waals surface area (Å²) in [7, 11) is -4.57. The van der Waals surface area contributed by atoms with Crippen molar-refractivity contribution in [2.45, 2.75) is 62.6 Å². The summed E-state index contributed by atoms with van der Waals surface area (Å²) in [6.07, 6.45) is 3.50. The number of carbonyl (C=O) groups is 3. The van der Waals surface area contributed by atoms with Gasteiger partial charge in [0.25, 0.3) is 10.1 Å². The molecule has 210 valence electrons. The molecule has 0 aromatic heterocycles. The van der Waals surface area contributed by atoms with Crippen molar-refractivity contribution in [1.29, 1.82) is 0 Å². The minimum absolute atomic E-state index is 0.0318. The summed E-state index contributed by atoms with van der Waals surface area (Å²) in [5, 5.41) is 32.6. The van der Waals surface area contributed by atoms with Crippen molar-refractivity contribution in [3.8, 4) is 0 Å². The number of aliphatic hydroxyl groups excluding tert-OH is 2. The molecule has 4 aliphatic carbocycles. The summed E-state index contributed by atoms with van der Waals surface area (Å²) in [6.45, 7) is 2.80. The van der Waals surface area contributed by atoms with Gasteiger partial charge in [0, 0.05) is 17.4 Å². The molecule has 0 heterocycles. The Labute approximate surface area is 226 Å². The Hall–Kier alpha value is -2.70. The van der Waals surface area contributed by atoms with Gasteiger partial charge in [0.1, 0.15) is 18.0 Å². The molecule has 0 amide bonds. The van der Waals surface area contributed by atoms with Gasteiger partial charge in [-0.1, -0.05) is 18.6 Å². The summed E-state index contributed by atoms with van der Waals surface area (Å²) in [5.41, 5.74) is -3.23. The average Bonchev–Trinajstić information content (AvgIpc) is 3.14. The van der Waals surface area contributed by atoms with Crippen LogP contribution in [0.3, 0.4) is 0 Å². The number of fused-ring (bicyclic) bond motifs is 5. The van der Waals surface area contributed by atoms with Crippen LogP contribution in [0, 0.1) is 28.6 Å². The number of esters is 1. The zero-order valence-corrected chi connectivity index (χ0v) is 22.5. The third-order valence-electron chi connectivity index (χ3n) is 9.96. The molecule has 4 N–H and O–H groups in total. The molecule has 1 aromatic carbocycles. The molecule has 0 unspecified atom stereocenters. The molecule has 10 nitrogen and oxygen atoms in total. The Morgan fingerprint density at radius 2 is 1.87 bits per heavy atom. The summed E-state index contributed by atoms with van der Waals surface area (Å²) in [5.74, 6) is -2.78. The third kappa shape index (κ3) is 4.05. The zero-order valence-electron chi connectivity index (χ0n) is 21.7. The Morgan fingerprint density at radius 3 is 2.54 bits per heavy atom. The molecule has 39 heavy (non-hydrogen) atoms. The van der Waals surface area contributed by atoms with Gasteiger partial charge in [-0.3, -0.25) is 14.1 Å². The molecule has 0 aliphatic heterocycles. The minimum atomic E-state index is -4.57. The molecule has 4 aliphatic rings. The van der Waals surface area contributed by atoms with E-state index in [2.05, 4.69) is 0 Å². The molecule has 0 bridgehead atoms. The Morgan fingerprint density at radius 1 is 1.15 bits per heavy atom. The summed E-state index contributed by atoms with van der Waals surface area (Å²) in [6, 6.07) is 4.71. The molecule has 1 aromatic rings. The number of carbonyl (C=O) groups excluding carboxylic acids is 3. The zero-order chi connectivity index (χ0) is 28.5. The van der Waals surface area contributed by atoms with E-state index in [1.165, 1.54) is 24.3 Å². The summed E-state index contributed by atoms with van der Waals surface area (Å²) >= 11 is 0. The van der Waals surface area contributed by atoms with Gasteiger partial charge in [0.2, 0.25) is 0 Å². The number of allylic oxidation sites excluding steroid dienone is 3. The van der Waals surface area contributed by atoms with Crippen LogP contribution in [0.4, 0.5) is 0 Å². The maximum Gasteiger partial charge on any atom is 0.343 e. The van der Waals surface area contributed by atoms with Crippen molar-refractivity contribution in [2.24, 2.45) is 28.6 Å². The van der Waals surface area contributed by atoms with Crippen LogP contribution in [0.5, 0.6) is 0 Å². The Kier molecular flexibility index (Phi) is 6.55. The monoisotopic (exact) mass is 560 g/mol. The van der Waals surface area contributed by atoms with Crippen LogP contribution < -0.4 is 0 Å². The minimum Gasteiger partial charge on any atom is -0.426 e. The van der Waals surface area contributed by atoms with Crippen molar-refractivity contribution >= 4 is 27.7 Å². The number of rotatable bonds is 5. The van der Waals surface area contributed by atoms with Crippen molar-refractivity contribution in [2.75, 3.05) is 6.61 Å². The van der Waals surface area contributed by atoms with Gasteiger partial charge in [-0.25, -0.2) is 4.79 Å². The van der Waals surface area contributed by atoms with E-state index >= 15 is 0 Å². The van der Waals surface area contributed by atoms with Gasteiger partial charge in [-0.05, 0) is 75.1 Å². The predicted molar refractivity (Wildman–Crippen MR) is 136 cm³/mol. The molecule has 5 rings (SSSR count). The van der Waals surface area contributed by atoms with Gasteiger partial charge in [0.05, 0.1) is 22.0 Å². The number of aliphatic hydroxyl groups is 3. The fraction of sp³-hybridized carbons (Fsp3) is 0.536. The number of benzene rings is 1. The highest BCUT2D eigenvalue weighted by molar-refractivity contribution is 7.85. The van der Waals surface area contributed by atoms with E-state index in [-0.39, 0.29) is 41.8 Å². The van der Waals surface area contributed by atoms with Gasteiger partial charge >= 0.3 is 5.97 Å². The number of hydrogen-bond acceptors (Lipinski definition) is 9. The highest BCUT2D eigenvalue weighted by atomic mass is 32.2. The number of hydrogen-bond donors (Lipinski definition) is 4. The third-order valence-corrected chi connectivity index (χ3v) is 10.8. The molecular weight excluding hydrogens is 528 g/mol. The second-order valence-electron chi connectivity index (χ2n) is 11.7.